The molecule has 35 heavy (non-hydrogen) atoms. The van der Waals surface area contributed by atoms with Crippen LogP contribution >= 0.6 is 12.2 Å². The molecule has 8 nitrogen and oxygen atoms in total. The number of halogens is 1. The number of piperazine rings is 1. The molecule has 4 rings (SSSR count). The van der Waals surface area contributed by atoms with Gasteiger partial charge in [-0.05, 0) is 48.6 Å². The molecule has 2 aromatic carbocycles. The van der Waals surface area contributed by atoms with Crippen molar-refractivity contribution in [3.8, 4) is 11.5 Å². The number of carbonyl (C=O) groups excluding carboxylic acids is 1. The van der Waals surface area contributed by atoms with Crippen LogP contribution in [0.25, 0.3) is 0 Å². The van der Waals surface area contributed by atoms with Crippen molar-refractivity contribution in [2.45, 2.75) is 6.10 Å². The summed E-state index contributed by atoms with van der Waals surface area (Å²) in [5.41, 5.74) is 1.30. The van der Waals surface area contributed by atoms with Crippen molar-refractivity contribution < 1.29 is 23.4 Å². The van der Waals surface area contributed by atoms with Crippen LogP contribution in [0.3, 0.4) is 0 Å². The Morgan fingerprint density at radius 2 is 1.80 bits per heavy atom. The van der Waals surface area contributed by atoms with E-state index in [1.165, 1.54) is 12.1 Å². The zero-order valence-electron chi connectivity index (χ0n) is 20.0. The second-order valence-electron chi connectivity index (χ2n) is 8.53. The van der Waals surface area contributed by atoms with Crippen molar-refractivity contribution in [2.24, 2.45) is 0 Å². The summed E-state index contributed by atoms with van der Waals surface area (Å²) in [4.78, 5) is 19.3. The van der Waals surface area contributed by atoms with E-state index >= 15 is 0 Å². The van der Waals surface area contributed by atoms with Gasteiger partial charge in [0.25, 0.3) is 5.91 Å². The van der Waals surface area contributed by atoms with Gasteiger partial charge in [-0.2, -0.15) is 0 Å². The van der Waals surface area contributed by atoms with Crippen LogP contribution in [0, 0.1) is 5.82 Å². The number of hydrogen-bond donors (Lipinski definition) is 1. The summed E-state index contributed by atoms with van der Waals surface area (Å²) in [6, 6.07) is 11.4. The maximum atomic E-state index is 13.1. The molecule has 2 fully saturated rings. The first-order valence-corrected chi connectivity index (χ1v) is 12.0. The zero-order valence-corrected chi connectivity index (χ0v) is 20.9. The molecule has 2 aromatic rings. The Labute approximate surface area is 210 Å². The highest BCUT2D eigenvalue weighted by Crippen LogP contribution is 2.26. The van der Waals surface area contributed by atoms with Gasteiger partial charge >= 0.3 is 0 Å². The Morgan fingerprint density at radius 1 is 1.06 bits per heavy atom. The molecule has 0 aliphatic carbocycles. The fraction of sp³-hybridized carbons (Fsp3) is 0.440. The lowest BCUT2D eigenvalue weighted by Gasteiger charge is -2.40. The summed E-state index contributed by atoms with van der Waals surface area (Å²) in [6.45, 7) is 5.54. The number of nitrogens with one attached hydrogen (secondary N) is 1. The summed E-state index contributed by atoms with van der Waals surface area (Å²) in [5, 5.41) is 3.78. The minimum atomic E-state index is -0.280. The number of morpholine rings is 1. The molecule has 0 aromatic heterocycles. The van der Waals surface area contributed by atoms with Gasteiger partial charge in [-0.15, -0.1) is 0 Å². The summed E-state index contributed by atoms with van der Waals surface area (Å²) >= 11 is 5.56. The second-order valence-corrected chi connectivity index (χ2v) is 8.92. The molecule has 0 saturated carbocycles. The molecule has 2 saturated heterocycles. The zero-order chi connectivity index (χ0) is 24.8. The maximum Gasteiger partial charge on any atom is 0.257 e. The van der Waals surface area contributed by atoms with Gasteiger partial charge in [-0.25, -0.2) is 4.39 Å². The number of ether oxygens (including phenoxy) is 3. The van der Waals surface area contributed by atoms with Crippen molar-refractivity contribution in [3.05, 3.63) is 53.8 Å². The number of rotatable bonds is 6. The van der Waals surface area contributed by atoms with Crippen LogP contribution in [-0.2, 0) is 4.74 Å². The fourth-order valence-electron chi connectivity index (χ4n) is 4.32. The quantitative estimate of drug-likeness (QED) is 0.605. The van der Waals surface area contributed by atoms with Gasteiger partial charge in [0.1, 0.15) is 17.3 Å². The molecular formula is C25H31FN4O4S. The maximum absolute atomic E-state index is 13.1. The molecule has 2 aliphatic heterocycles. The van der Waals surface area contributed by atoms with E-state index in [0.29, 0.717) is 55.0 Å². The van der Waals surface area contributed by atoms with Crippen LogP contribution in [0.1, 0.15) is 10.4 Å². The minimum absolute atomic E-state index is 0.0145. The average Bonchev–Trinajstić information content (AvgIpc) is 2.89. The molecular weight excluding hydrogens is 471 g/mol. The molecule has 1 atom stereocenters. The SMILES string of the molecule is COc1ccc(C(=O)N2CCN(C[C@H]3CN(C(=S)Nc4ccc(F)cc4)CCO3)CC2)c(OC)c1. The Bertz CT molecular complexity index is 1030. The van der Waals surface area contributed by atoms with Crippen molar-refractivity contribution >= 4 is 28.9 Å². The lowest BCUT2D eigenvalue weighted by atomic mass is 10.1. The molecule has 1 amide bonds. The number of hydrogen-bond acceptors (Lipinski definition) is 6. The van der Waals surface area contributed by atoms with E-state index in [0.717, 1.165) is 25.3 Å². The van der Waals surface area contributed by atoms with E-state index in [-0.39, 0.29) is 17.8 Å². The largest absolute Gasteiger partial charge is 0.497 e. The van der Waals surface area contributed by atoms with Crippen molar-refractivity contribution in [1.29, 1.82) is 0 Å². The normalized spacial score (nSPS) is 18.8. The molecule has 0 unspecified atom stereocenters. The third kappa shape index (κ3) is 6.39. The van der Waals surface area contributed by atoms with Crippen LogP contribution in [0.5, 0.6) is 11.5 Å². The third-order valence-corrected chi connectivity index (χ3v) is 6.64. The lowest BCUT2D eigenvalue weighted by Crippen LogP contribution is -2.54. The highest BCUT2D eigenvalue weighted by Gasteiger charge is 2.28. The lowest BCUT2D eigenvalue weighted by molar-refractivity contribution is -0.0285. The van der Waals surface area contributed by atoms with Gasteiger partial charge in [0.15, 0.2) is 5.11 Å². The second kappa shape index (κ2) is 11.7. The van der Waals surface area contributed by atoms with Gasteiger partial charge in [0.2, 0.25) is 0 Å². The Hall–Kier alpha value is -2.95. The minimum Gasteiger partial charge on any atom is -0.497 e. The number of benzene rings is 2. The predicted octanol–water partition coefficient (Wildman–Crippen LogP) is 2.70. The van der Waals surface area contributed by atoms with Crippen molar-refractivity contribution in [2.75, 3.05) is 72.0 Å². The molecule has 0 spiro atoms. The van der Waals surface area contributed by atoms with Gasteiger partial charge in [0.05, 0.1) is 32.5 Å². The Morgan fingerprint density at radius 3 is 2.49 bits per heavy atom. The van der Waals surface area contributed by atoms with Gasteiger partial charge in [-0.3, -0.25) is 9.69 Å². The van der Waals surface area contributed by atoms with E-state index in [9.17, 15) is 9.18 Å². The summed E-state index contributed by atoms with van der Waals surface area (Å²) < 4.78 is 29.8. The summed E-state index contributed by atoms with van der Waals surface area (Å²) in [5.74, 6) is 0.842. The topological polar surface area (TPSA) is 66.5 Å². The average molecular weight is 503 g/mol. The molecule has 2 aliphatic rings. The first-order valence-electron chi connectivity index (χ1n) is 11.6. The molecule has 10 heteroatoms. The van der Waals surface area contributed by atoms with Crippen molar-refractivity contribution in [3.63, 3.8) is 0 Å². The first kappa shape index (κ1) is 25.2. The molecule has 0 bridgehead atoms. The number of anilines is 1. The number of carbonyl (C=O) groups is 1. The van der Waals surface area contributed by atoms with E-state index in [1.54, 1.807) is 44.6 Å². The predicted molar refractivity (Wildman–Crippen MR) is 136 cm³/mol. The standard InChI is InChI=1S/C25H31FN4O4S/c1-32-20-7-8-22(23(15-20)33-2)24(31)29-11-9-28(10-12-29)16-21-17-30(13-14-34-21)25(35)27-19-5-3-18(26)4-6-19/h3-8,15,21H,9-14,16-17H2,1-2H3,(H,27,35)/t21-/m0/s1. The molecule has 1 N–H and O–H groups in total. The van der Waals surface area contributed by atoms with Gasteiger partial charge in [-0.1, -0.05) is 0 Å². The van der Waals surface area contributed by atoms with E-state index in [2.05, 4.69) is 15.1 Å². The van der Waals surface area contributed by atoms with Crippen LogP contribution < -0.4 is 14.8 Å². The number of thiocarbonyl (C=S) groups is 1. The smallest absolute Gasteiger partial charge is 0.257 e. The fourth-order valence-corrected chi connectivity index (χ4v) is 4.60. The van der Waals surface area contributed by atoms with Crippen LogP contribution in [0.4, 0.5) is 10.1 Å². The monoisotopic (exact) mass is 502 g/mol. The first-order chi connectivity index (χ1) is 17.0. The highest BCUT2D eigenvalue weighted by molar-refractivity contribution is 7.80. The summed E-state index contributed by atoms with van der Waals surface area (Å²) in [6.07, 6.45) is 0.0145. The van der Waals surface area contributed by atoms with E-state index < -0.39 is 0 Å². The molecule has 188 valence electrons. The van der Waals surface area contributed by atoms with Crippen LogP contribution in [-0.4, -0.2) is 98.5 Å². The van der Waals surface area contributed by atoms with E-state index in [1.807, 2.05) is 4.90 Å². The highest BCUT2D eigenvalue weighted by atomic mass is 32.1. The Balaban J connectivity index is 1.26. The third-order valence-electron chi connectivity index (χ3n) is 6.28. The van der Waals surface area contributed by atoms with Gasteiger partial charge < -0.3 is 29.3 Å². The molecule has 0 radical (unpaired) electrons. The molecule has 2 heterocycles. The number of methoxy groups -OCH3 is 2. The number of nitrogens with zero attached hydrogens (tertiary/aromatic N) is 3. The van der Waals surface area contributed by atoms with Crippen molar-refractivity contribution in [1.82, 2.24) is 14.7 Å². The summed E-state index contributed by atoms with van der Waals surface area (Å²) in [7, 11) is 3.14. The Kier molecular flexibility index (Phi) is 8.37. The van der Waals surface area contributed by atoms with Crippen LogP contribution in [0.15, 0.2) is 42.5 Å². The van der Waals surface area contributed by atoms with Crippen LogP contribution in [0.2, 0.25) is 0 Å². The van der Waals surface area contributed by atoms with E-state index in [4.69, 9.17) is 26.4 Å². The van der Waals surface area contributed by atoms with Gasteiger partial charge in [0, 0.05) is 57.6 Å². The number of amides is 1.